The third-order valence-electron chi connectivity index (χ3n) is 21.6. The molecule has 33 nitrogen and oxygen atoms in total. The van der Waals surface area contributed by atoms with Gasteiger partial charge >= 0.3 is 12.1 Å². The van der Waals surface area contributed by atoms with Crippen molar-refractivity contribution in [1.82, 2.24) is 130 Å². The maximum absolute atomic E-state index is 13.8. The highest BCUT2D eigenvalue weighted by Gasteiger charge is 2.35. The van der Waals surface area contributed by atoms with Crippen LogP contribution in [0.2, 0.25) is 15.1 Å². The first-order chi connectivity index (χ1) is 64.6. The zero-order valence-electron chi connectivity index (χ0n) is 73.2. The minimum atomic E-state index is -4.56. The largest absolute Gasteiger partial charge is 0.469 e. The predicted molar refractivity (Wildman–Crippen MR) is 498 cm³/mol. The molecule has 0 spiro atoms. The highest BCUT2D eigenvalue weighted by Crippen LogP contribution is 2.39. The number of benzene rings is 4. The van der Waals surface area contributed by atoms with Gasteiger partial charge in [0.25, 0.3) is 0 Å². The molecule has 2 aliphatic heterocycles. The summed E-state index contributed by atoms with van der Waals surface area (Å²) in [6.45, 7) is 8.45. The van der Waals surface area contributed by atoms with Crippen molar-refractivity contribution >= 4 is 137 Å². The minimum Gasteiger partial charge on any atom is -0.469 e. The molecule has 43 heteroatoms. The second-order valence-electron chi connectivity index (χ2n) is 31.8. The average molecular weight is 1890 g/mol. The molecule has 0 radical (unpaired) electrons. The average Bonchev–Trinajstić information content (AvgIpc) is 1.35. The van der Waals surface area contributed by atoms with Gasteiger partial charge in [0.1, 0.15) is 69.8 Å². The van der Waals surface area contributed by atoms with Crippen LogP contribution >= 0.6 is 34.8 Å². The second-order valence-corrected chi connectivity index (χ2v) is 33.0. The van der Waals surface area contributed by atoms with Crippen molar-refractivity contribution in [2.45, 2.75) is 44.7 Å². The molecule has 12 aromatic heterocycles. The number of aromatic nitrogens is 20. The number of anilines is 8. The molecule has 1 amide bonds. The summed E-state index contributed by atoms with van der Waals surface area (Å²) in [6.07, 6.45) is 3.94. The smallest absolute Gasteiger partial charge is 0.417 e. The van der Waals surface area contributed by atoms with Crippen LogP contribution in [0.5, 0.6) is 0 Å². The SMILES string of the molecule is CN(C)CCc1cc(Nc2[nH]nc3ncc(F)cc23)nc(-c2ccccc2Cl)n1.CN(CCc1cc(Nc2[nH]nc3ncc(F)cc23)nc(-c2ccccc2Cl)n1)CC(=O)N(C)C.COC(=O)C1CCN(CCc2cc(Nc3[nH]nc4ncc(F)cc34)nc(-c3ccccc3Cl)n2)CC1.Fc1cnc2n[nH]c(Nc3cc(CCN4CCNCC4)nc(-c4ccccc4C(F)(F)F)n3)c2c1. The molecular formula is C91H90Cl3F7N30O3. The number of amides is 1. The number of alkyl halides is 3. The van der Waals surface area contributed by atoms with Crippen LogP contribution in [0.1, 0.15) is 41.2 Å². The molecule has 0 atom stereocenters. The number of likely N-dealkylation sites (N-methyl/N-ethyl adjacent to an activating group) is 3. The lowest BCUT2D eigenvalue weighted by Gasteiger charge is -2.30. The fourth-order valence-electron chi connectivity index (χ4n) is 14.6. The van der Waals surface area contributed by atoms with Crippen molar-refractivity contribution in [3.63, 3.8) is 0 Å². The van der Waals surface area contributed by atoms with Crippen LogP contribution in [0, 0.1) is 29.2 Å². The van der Waals surface area contributed by atoms with Crippen LogP contribution < -0.4 is 26.6 Å². The topological polar surface area (TPSA) is 389 Å². The third kappa shape index (κ3) is 24.6. The number of nitrogens with one attached hydrogen (secondary N) is 9. The lowest BCUT2D eigenvalue weighted by Crippen LogP contribution is -2.44. The van der Waals surface area contributed by atoms with E-state index in [4.69, 9.17) is 49.5 Å². The number of likely N-dealkylation sites (tertiary alicyclic amines) is 1. The van der Waals surface area contributed by atoms with Crippen LogP contribution in [0.3, 0.4) is 0 Å². The van der Waals surface area contributed by atoms with Crippen molar-refractivity contribution in [2.24, 2.45) is 5.92 Å². The summed E-state index contributed by atoms with van der Waals surface area (Å²) in [5.41, 5.74) is 5.73. The van der Waals surface area contributed by atoms with Crippen LogP contribution in [0.25, 0.3) is 89.7 Å². The number of H-pyrrole nitrogens is 4. The molecule has 2 saturated heterocycles. The van der Waals surface area contributed by atoms with Gasteiger partial charge in [-0.15, -0.1) is 0 Å². The Morgan fingerprint density at radius 1 is 0.440 bits per heavy atom. The number of carbonyl (C=O) groups is 2. The Morgan fingerprint density at radius 3 is 1.11 bits per heavy atom. The van der Waals surface area contributed by atoms with Gasteiger partial charge in [-0.3, -0.25) is 34.9 Å². The third-order valence-corrected chi connectivity index (χ3v) is 22.6. The number of esters is 1. The number of ether oxygens (including phenoxy) is 1. The van der Waals surface area contributed by atoms with Crippen molar-refractivity contribution < 1.29 is 45.1 Å². The van der Waals surface area contributed by atoms with E-state index in [1.54, 1.807) is 49.3 Å². The standard InChI is InChI=1S/C25H25ClFN7O2.C23H24ClFN8O.C23H22F4N8.C20H19ClFN7/c1-36-25(35)15-6-9-34(10-7-15)11-8-17-13-21(30-23(29-17)18-4-2-3-5-20(18)26)31-24-19-12-16(27)14-28-22(19)32-33-24;1-32(2)20(34)13-33(3)9-8-15-11-19(28-22(27-15)16-6-4-5-7-18(16)24)29-23-17-10-14(25)12-26-21(17)30-31-23;24-14-11-17-20(29-13-14)33-34-22(17)32-19-12-15(5-8-35-9-6-28-7-10-35)30-21(31-19)16-3-1-2-4-18(16)23(25,26)27;1-29(2)8-7-13-10-17(25-19(24-13)14-5-3-4-6-16(14)21)26-20-15-9-12(22)11-23-18(15)27-28-20/h2-5,12-15H,6-11H2,1H3,(H2,28,29,30,31,32,33);4-7,10-12H,8-9,13H2,1-3H3,(H2,26,27,28,29,30,31);1-4,11-13,28H,5-10H2,(H2,29,30,31,32,33,34);3-6,9-11H,7-8H2,1-2H3,(H2,23,24,25,26,27,28). The molecule has 0 aliphatic carbocycles. The van der Waals surface area contributed by atoms with E-state index in [1.807, 2.05) is 92.8 Å². The second kappa shape index (κ2) is 43.6. The van der Waals surface area contributed by atoms with Gasteiger partial charge in [-0.2, -0.15) is 33.6 Å². The summed E-state index contributed by atoms with van der Waals surface area (Å²) in [6, 6.07) is 39.9. The summed E-state index contributed by atoms with van der Waals surface area (Å²) in [5.74, 6) is 2.97. The number of nitrogens with zero attached hydrogens (tertiary/aromatic N) is 21. The predicted octanol–water partition coefficient (Wildman–Crippen LogP) is 15.7. The summed E-state index contributed by atoms with van der Waals surface area (Å²) in [7, 11) is 10.8. The molecule has 9 N–H and O–H groups in total. The zero-order chi connectivity index (χ0) is 94.1. The Bertz CT molecular complexity index is 6810. The van der Waals surface area contributed by atoms with Gasteiger partial charge in [0, 0.05) is 161 Å². The molecule has 692 valence electrons. The van der Waals surface area contributed by atoms with Crippen LogP contribution in [-0.4, -0.2) is 251 Å². The van der Waals surface area contributed by atoms with Gasteiger partial charge < -0.3 is 50.9 Å². The number of halogens is 10. The van der Waals surface area contributed by atoms with E-state index in [9.17, 15) is 40.3 Å². The minimum absolute atomic E-state index is 0.0243. The molecule has 18 rings (SSSR count). The molecule has 0 saturated carbocycles. The van der Waals surface area contributed by atoms with E-state index in [0.717, 1.165) is 125 Å². The quantitative estimate of drug-likeness (QED) is 0.0170. The number of piperidine rings is 1. The van der Waals surface area contributed by atoms with Gasteiger partial charge in [0.15, 0.2) is 45.9 Å². The van der Waals surface area contributed by atoms with Gasteiger partial charge in [0.2, 0.25) is 5.91 Å². The highest BCUT2D eigenvalue weighted by atomic mass is 35.5. The number of methoxy groups -OCH3 is 1. The van der Waals surface area contributed by atoms with E-state index >= 15 is 0 Å². The maximum Gasteiger partial charge on any atom is 0.417 e. The zero-order valence-corrected chi connectivity index (χ0v) is 75.4. The number of fused-ring (bicyclic) bond motifs is 4. The Labute approximate surface area is 777 Å². The Balaban J connectivity index is 0.000000137. The Morgan fingerprint density at radius 2 is 0.769 bits per heavy atom. The van der Waals surface area contributed by atoms with E-state index in [0.29, 0.717) is 173 Å². The van der Waals surface area contributed by atoms with Gasteiger partial charge in [-0.1, -0.05) is 89.4 Å². The van der Waals surface area contributed by atoms with E-state index in [1.165, 1.54) is 49.6 Å². The summed E-state index contributed by atoms with van der Waals surface area (Å²) < 4.78 is 101. The molecule has 2 aliphatic rings. The highest BCUT2D eigenvalue weighted by molar-refractivity contribution is 6.34. The number of aromatic amines is 4. The van der Waals surface area contributed by atoms with Crippen LogP contribution in [0.15, 0.2) is 170 Å². The first-order valence-corrected chi connectivity index (χ1v) is 43.6. The summed E-state index contributed by atoms with van der Waals surface area (Å²) in [5, 5.41) is 47.1. The number of carbonyl (C=O) groups excluding carboxylic acids is 2. The molecule has 14 heterocycles. The monoisotopic (exact) mass is 1890 g/mol. The van der Waals surface area contributed by atoms with Crippen LogP contribution in [-0.2, 0) is 46.2 Å². The molecular weight excluding hydrogens is 1800 g/mol. The Kier molecular flexibility index (Phi) is 30.8. The molecule has 4 aromatic carbocycles. The van der Waals surface area contributed by atoms with Crippen molar-refractivity contribution in [3.8, 4) is 45.6 Å². The van der Waals surface area contributed by atoms with Gasteiger partial charge in [0.05, 0.1) is 86.5 Å². The number of hydrogen-bond acceptors (Lipinski definition) is 28. The summed E-state index contributed by atoms with van der Waals surface area (Å²) >= 11 is 19.2. The lowest BCUT2D eigenvalue weighted by atomic mass is 9.97. The van der Waals surface area contributed by atoms with Crippen molar-refractivity contribution in [3.05, 3.63) is 237 Å². The first kappa shape index (κ1) is 94.6. The molecule has 2 fully saturated rings. The number of rotatable bonds is 27. The van der Waals surface area contributed by atoms with Crippen molar-refractivity contribution in [1.29, 1.82) is 0 Å². The fraction of sp³-hybridized carbons (Fsp3) is 0.275. The number of pyridine rings is 4. The maximum atomic E-state index is 13.8. The number of piperazine rings is 1. The molecule has 134 heavy (non-hydrogen) atoms. The molecule has 0 unspecified atom stereocenters. The van der Waals surface area contributed by atoms with Gasteiger partial charge in [-0.25, -0.2) is 77.4 Å². The molecule has 0 bridgehead atoms. The van der Waals surface area contributed by atoms with E-state index in [2.05, 4.69) is 132 Å². The fourth-order valence-corrected chi connectivity index (χ4v) is 15.3. The van der Waals surface area contributed by atoms with Crippen LogP contribution in [0.4, 0.5) is 77.3 Å². The lowest BCUT2D eigenvalue weighted by molar-refractivity contribution is -0.147. The molecule has 16 aromatic rings. The van der Waals surface area contributed by atoms with Gasteiger partial charge in [-0.05, 0) is 114 Å². The van der Waals surface area contributed by atoms with E-state index < -0.39 is 35.0 Å². The van der Waals surface area contributed by atoms with E-state index in [-0.39, 0.29) is 35.0 Å². The van der Waals surface area contributed by atoms with Crippen molar-refractivity contribution in [2.75, 3.05) is 136 Å². The Hall–Kier alpha value is -14.0. The normalized spacial score (nSPS) is 13.2. The first-order valence-electron chi connectivity index (χ1n) is 42.4. The summed E-state index contributed by atoms with van der Waals surface area (Å²) in [4.78, 5) is 86.8. The number of hydrogen-bond donors (Lipinski definition) is 9.